The van der Waals surface area contributed by atoms with Gasteiger partial charge in [0.25, 0.3) is 0 Å². The number of ether oxygens (including phenoxy) is 2. The van der Waals surface area contributed by atoms with Crippen molar-refractivity contribution in [3.63, 3.8) is 0 Å². The van der Waals surface area contributed by atoms with Crippen molar-refractivity contribution in [1.29, 1.82) is 0 Å². The molecule has 138 valence electrons. The molecule has 0 radical (unpaired) electrons. The second-order valence-corrected chi connectivity index (χ2v) is 6.91. The predicted octanol–water partition coefficient (Wildman–Crippen LogP) is 5.06. The van der Waals surface area contributed by atoms with Gasteiger partial charge in [0.15, 0.2) is 11.5 Å². The lowest BCUT2D eigenvalue weighted by atomic mass is 10.1. The highest BCUT2D eigenvalue weighted by Crippen LogP contribution is 2.36. The zero-order valence-electron chi connectivity index (χ0n) is 15.3. The Morgan fingerprint density at radius 1 is 1.08 bits per heavy atom. The fraction of sp³-hybridized carbons (Fsp3) is 0.333. The molecule has 0 unspecified atom stereocenters. The fourth-order valence-electron chi connectivity index (χ4n) is 3.07. The highest BCUT2D eigenvalue weighted by molar-refractivity contribution is 9.10. The average molecular weight is 417 g/mol. The van der Waals surface area contributed by atoms with E-state index in [1.54, 1.807) is 0 Å². The van der Waals surface area contributed by atoms with Crippen LogP contribution in [0.4, 0.5) is 0 Å². The Morgan fingerprint density at radius 3 is 2.69 bits per heavy atom. The van der Waals surface area contributed by atoms with Crippen LogP contribution in [-0.4, -0.2) is 24.7 Å². The summed E-state index contributed by atoms with van der Waals surface area (Å²) < 4.78 is 12.4. The van der Waals surface area contributed by atoms with Gasteiger partial charge < -0.3 is 19.8 Å². The van der Waals surface area contributed by atoms with Crippen LogP contribution in [0.1, 0.15) is 25.0 Å². The summed E-state index contributed by atoms with van der Waals surface area (Å²) in [5, 5.41) is 4.82. The topological polar surface area (TPSA) is 46.3 Å². The summed E-state index contributed by atoms with van der Waals surface area (Å²) in [6.45, 7) is 6.88. The predicted molar refractivity (Wildman–Crippen MR) is 110 cm³/mol. The molecule has 0 aliphatic carbocycles. The van der Waals surface area contributed by atoms with E-state index in [9.17, 15) is 0 Å². The maximum atomic E-state index is 5.74. The third-order valence-electron chi connectivity index (χ3n) is 4.23. The molecule has 0 saturated carbocycles. The molecule has 0 fully saturated rings. The molecule has 0 atom stereocenters. The third kappa shape index (κ3) is 4.40. The summed E-state index contributed by atoms with van der Waals surface area (Å²) in [6, 6.07) is 12.6. The molecule has 3 aromatic rings. The van der Waals surface area contributed by atoms with Crippen molar-refractivity contribution < 1.29 is 9.47 Å². The van der Waals surface area contributed by atoms with Gasteiger partial charge in [0.05, 0.1) is 17.7 Å². The Bertz CT molecular complexity index is 860. The molecule has 4 nitrogen and oxygen atoms in total. The lowest BCUT2D eigenvalue weighted by molar-refractivity contribution is 0.286. The van der Waals surface area contributed by atoms with Crippen LogP contribution >= 0.6 is 15.9 Å². The van der Waals surface area contributed by atoms with Gasteiger partial charge in [0.2, 0.25) is 0 Å². The van der Waals surface area contributed by atoms with E-state index in [4.69, 9.17) is 9.47 Å². The Hall–Kier alpha value is -1.98. The van der Waals surface area contributed by atoms with Crippen molar-refractivity contribution in [3.05, 3.63) is 58.2 Å². The van der Waals surface area contributed by atoms with Gasteiger partial charge in [0, 0.05) is 23.6 Å². The first-order chi connectivity index (χ1) is 12.7. The molecule has 5 heteroatoms. The van der Waals surface area contributed by atoms with Gasteiger partial charge in [-0.1, -0.05) is 18.2 Å². The number of benzene rings is 2. The minimum Gasteiger partial charge on any atom is -0.490 e. The number of hydrogen-bond acceptors (Lipinski definition) is 3. The molecule has 2 N–H and O–H groups in total. The number of H-pyrrole nitrogens is 1. The molecule has 0 saturated heterocycles. The molecule has 0 aliphatic rings. The van der Waals surface area contributed by atoms with Crippen LogP contribution in [-0.2, 0) is 13.0 Å². The van der Waals surface area contributed by atoms with E-state index >= 15 is 0 Å². The normalized spacial score (nSPS) is 11.0. The monoisotopic (exact) mass is 416 g/mol. The van der Waals surface area contributed by atoms with E-state index < -0.39 is 0 Å². The number of para-hydroxylation sites is 1. The molecule has 0 aliphatic heterocycles. The van der Waals surface area contributed by atoms with Crippen LogP contribution in [0.5, 0.6) is 11.5 Å². The van der Waals surface area contributed by atoms with E-state index in [-0.39, 0.29) is 0 Å². The van der Waals surface area contributed by atoms with E-state index in [0.29, 0.717) is 13.2 Å². The molecule has 2 aromatic carbocycles. The SMILES string of the molecule is CCOc1cc(CNCCc2c[nH]c3ccccc23)cc(Br)c1OCC. The minimum atomic E-state index is 0.612. The van der Waals surface area contributed by atoms with Crippen LogP contribution in [0.2, 0.25) is 0 Å². The summed E-state index contributed by atoms with van der Waals surface area (Å²) in [5.74, 6) is 1.56. The minimum absolute atomic E-state index is 0.612. The second-order valence-electron chi connectivity index (χ2n) is 6.06. The largest absolute Gasteiger partial charge is 0.490 e. The van der Waals surface area contributed by atoms with Gasteiger partial charge in [-0.15, -0.1) is 0 Å². The Kier molecular flexibility index (Phi) is 6.58. The van der Waals surface area contributed by atoms with Crippen LogP contribution in [0.25, 0.3) is 10.9 Å². The van der Waals surface area contributed by atoms with E-state index in [1.165, 1.54) is 22.0 Å². The molecule has 26 heavy (non-hydrogen) atoms. The van der Waals surface area contributed by atoms with Crippen molar-refractivity contribution in [2.45, 2.75) is 26.8 Å². The van der Waals surface area contributed by atoms with Gasteiger partial charge in [-0.05, 0) is 72.1 Å². The number of aromatic nitrogens is 1. The third-order valence-corrected chi connectivity index (χ3v) is 4.82. The summed E-state index contributed by atoms with van der Waals surface area (Å²) in [5.41, 5.74) is 3.71. The first-order valence-corrected chi connectivity index (χ1v) is 9.86. The van der Waals surface area contributed by atoms with Gasteiger partial charge in [-0.2, -0.15) is 0 Å². The number of fused-ring (bicyclic) bond motifs is 1. The zero-order chi connectivity index (χ0) is 18.4. The average Bonchev–Trinajstić information content (AvgIpc) is 3.05. The number of halogens is 1. The summed E-state index contributed by atoms with van der Waals surface area (Å²) in [7, 11) is 0. The van der Waals surface area contributed by atoms with Crippen molar-refractivity contribution in [3.8, 4) is 11.5 Å². The first kappa shape index (κ1) is 18.8. The van der Waals surface area contributed by atoms with Crippen LogP contribution < -0.4 is 14.8 Å². The Labute approximate surface area is 163 Å². The van der Waals surface area contributed by atoms with Gasteiger partial charge in [-0.25, -0.2) is 0 Å². The molecular formula is C21H25BrN2O2. The summed E-state index contributed by atoms with van der Waals surface area (Å²) in [4.78, 5) is 3.33. The van der Waals surface area contributed by atoms with Crippen LogP contribution in [0.3, 0.4) is 0 Å². The molecule has 1 heterocycles. The second kappa shape index (κ2) is 9.10. The van der Waals surface area contributed by atoms with Gasteiger partial charge in [0.1, 0.15) is 0 Å². The molecule has 1 aromatic heterocycles. The van der Waals surface area contributed by atoms with Gasteiger partial charge >= 0.3 is 0 Å². The standard InChI is InChI=1S/C21H25BrN2O2/c1-3-25-20-12-15(11-18(22)21(20)26-4-2)13-23-10-9-16-14-24-19-8-6-5-7-17(16)19/h5-8,11-12,14,23-24H,3-4,9-10,13H2,1-2H3. The molecule has 0 bridgehead atoms. The number of rotatable bonds is 9. The van der Waals surface area contributed by atoms with Crippen molar-refractivity contribution in [2.75, 3.05) is 19.8 Å². The molecule has 0 amide bonds. The number of aromatic amines is 1. The molecular weight excluding hydrogens is 392 g/mol. The van der Waals surface area contributed by atoms with Crippen molar-refractivity contribution in [1.82, 2.24) is 10.3 Å². The zero-order valence-corrected chi connectivity index (χ0v) is 16.9. The quantitative estimate of drug-likeness (QED) is 0.479. The molecule has 3 rings (SSSR count). The maximum Gasteiger partial charge on any atom is 0.175 e. The van der Waals surface area contributed by atoms with Crippen molar-refractivity contribution >= 4 is 26.8 Å². The molecule has 0 spiro atoms. The highest BCUT2D eigenvalue weighted by Gasteiger charge is 2.12. The van der Waals surface area contributed by atoms with Crippen LogP contribution in [0, 0.1) is 0 Å². The fourth-order valence-corrected chi connectivity index (χ4v) is 3.67. The highest BCUT2D eigenvalue weighted by atomic mass is 79.9. The maximum absolute atomic E-state index is 5.74. The van der Waals surface area contributed by atoms with Gasteiger partial charge in [-0.3, -0.25) is 0 Å². The number of nitrogens with one attached hydrogen (secondary N) is 2. The number of hydrogen-bond donors (Lipinski definition) is 2. The lowest BCUT2D eigenvalue weighted by Crippen LogP contribution is -2.16. The Morgan fingerprint density at radius 2 is 1.88 bits per heavy atom. The van der Waals surface area contributed by atoms with E-state index in [1.807, 2.05) is 13.8 Å². The first-order valence-electron chi connectivity index (χ1n) is 9.06. The smallest absolute Gasteiger partial charge is 0.175 e. The summed E-state index contributed by atoms with van der Waals surface area (Å²) >= 11 is 3.60. The van der Waals surface area contributed by atoms with E-state index in [2.05, 4.69) is 68.8 Å². The Balaban J connectivity index is 1.60. The van der Waals surface area contributed by atoms with Crippen LogP contribution in [0.15, 0.2) is 47.1 Å². The van der Waals surface area contributed by atoms with E-state index in [0.717, 1.165) is 35.5 Å². The lowest BCUT2D eigenvalue weighted by Gasteiger charge is -2.15. The van der Waals surface area contributed by atoms with Crippen molar-refractivity contribution in [2.24, 2.45) is 0 Å². The summed E-state index contributed by atoms with van der Waals surface area (Å²) in [6.07, 6.45) is 3.09.